The van der Waals surface area contributed by atoms with Crippen LogP contribution in [0.4, 0.5) is 0 Å². The van der Waals surface area contributed by atoms with Crippen molar-refractivity contribution in [2.45, 2.75) is 38.4 Å². The number of carbonyl (C=O) groups is 1. The molecule has 1 heterocycles. The van der Waals surface area contributed by atoms with E-state index in [0.29, 0.717) is 50.8 Å². The monoisotopic (exact) mass is 319 g/mol. The first-order chi connectivity index (χ1) is 11.1. The average molecular weight is 319 g/mol. The molecule has 3 rings (SSSR count). The summed E-state index contributed by atoms with van der Waals surface area (Å²) in [6.07, 6.45) is 0.215. The van der Waals surface area contributed by atoms with Crippen molar-refractivity contribution in [1.82, 2.24) is 4.90 Å². The molecular formula is C18H25NO4. The van der Waals surface area contributed by atoms with Crippen LogP contribution in [0.15, 0.2) is 24.3 Å². The summed E-state index contributed by atoms with van der Waals surface area (Å²) < 4.78 is 5.59. The minimum atomic E-state index is -0.648. The van der Waals surface area contributed by atoms with Crippen molar-refractivity contribution in [3.05, 3.63) is 29.8 Å². The van der Waals surface area contributed by atoms with Gasteiger partial charge in [-0.25, -0.2) is 0 Å². The number of benzene rings is 1. The Morgan fingerprint density at radius 3 is 2.39 bits per heavy atom. The number of hydrogen-bond donors (Lipinski definition) is 2. The molecule has 0 bridgehead atoms. The molecule has 0 unspecified atom stereocenters. The molecule has 1 aliphatic carbocycles. The Balaban J connectivity index is 1.64. The SMILES string of the molecule is CCOc1ccccc1CC(=O)N1C[C@H]2C[C@H](O)[C@H](O)C[C@H]2C1. The van der Waals surface area contributed by atoms with Crippen molar-refractivity contribution in [3.8, 4) is 5.75 Å². The van der Waals surface area contributed by atoms with Gasteiger partial charge in [-0.3, -0.25) is 4.79 Å². The van der Waals surface area contributed by atoms with E-state index in [9.17, 15) is 15.0 Å². The molecule has 2 N–H and O–H groups in total. The van der Waals surface area contributed by atoms with E-state index in [1.54, 1.807) is 0 Å². The van der Waals surface area contributed by atoms with Gasteiger partial charge in [-0.15, -0.1) is 0 Å². The fourth-order valence-corrected chi connectivity index (χ4v) is 3.83. The smallest absolute Gasteiger partial charge is 0.227 e. The Bertz CT molecular complexity index is 544. The maximum Gasteiger partial charge on any atom is 0.227 e. The highest BCUT2D eigenvalue weighted by Gasteiger charge is 2.42. The molecule has 1 aliphatic heterocycles. The minimum Gasteiger partial charge on any atom is -0.494 e. The molecule has 5 nitrogen and oxygen atoms in total. The zero-order chi connectivity index (χ0) is 16.4. The zero-order valence-electron chi connectivity index (χ0n) is 13.5. The number of likely N-dealkylation sites (tertiary alicyclic amines) is 1. The van der Waals surface area contributed by atoms with Gasteiger partial charge in [-0.05, 0) is 37.7 Å². The van der Waals surface area contributed by atoms with Crippen molar-refractivity contribution >= 4 is 5.91 Å². The zero-order valence-corrected chi connectivity index (χ0v) is 13.5. The first kappa shape index (κ1) is 16.3. The third-order valence-electron chi connectivity index (χ3n) is 5.08. The highest BCUT2D eigenvalue weighted by molar-refractivity contribution is 5.79. The van der Waals surface area contributed by atoms with Crippen LogP contribution < -0.4 is 4.74 Å². The predicted molar refractivity (Wildman–Crippen MR) is 86.1 cm³/mol. The van der Waals surface area contributed by atoms with Gasteiger partial charge in [0.25, 0.3) is 0 Å². The third-order valence-corrected chi connectivity index (χ3v) is 5.08. The van der Waals surface area contributed by atoms with Crippen molar-refractivity contribution in [3.63, 3.8) is 0 Å². The van der Waals surface area contributed by atoms with Gasteiger partial charge in [-0.2, -0.15) is 0 Å². The molecule has 0 radical (unpaired) electrons. The summed E-state index contributed by atoms with van der Waals surface area (Å²) in [5.74, 6) is 1.47. The molecule has 5 heteroatoms. The lowest BCUT2D eigenvalue weighted by molar-refractivity contribution is -0.129. The van der Waals surface area contributed by atoms with E-state index in [2.05, 4.69) is 0 Å². The van der Waals surface area contributed by atoms with Crippen molar-refractivity contribution < 1.29 is 19.7 Å². The van der Waals surface area contributed by atoms with Gasteiger partial charge in [0.1, 0.15) is 5.75 Å². The molecule has 126 valence electrons. The van der Waals surface area contributed by atoms with Gasteiger partial charge in [0.05, 0.1) is 25.2 Å². The molecule has 1 saturated heterocycles. The van der Waals surface area contributed by atoms with E-state index in [1.807, 2.05) is 36.1 Å². The highest BCUT2D eigenvalue weighted by atomic mass is 16.5. The lowest BCUT2D eigenvalue weighted by Gasteiger charge is -2.31. The second kappa shape index (κ2) is 6.89. The van der Waals surface area contributed by atoms with E-state index < -0.39 is 12.2 Å². The second-order valence-corrected chi connectivity index (χ2v) is 6.64. The Labute approximate surface area is 136 Å². The Hall–Kier alpha value is -1.59. The molecular weight excluding hydrogens is 294 g/mol. The van der Waals surface area contributed by atoms with Crippen molar-refractivity contribution in [2.75, 3.05) is 19.7 Å². The molecule has 0 aromatic heterocycles. The van der Waals surface area contributed by atoms with E-state index in [-0.39, 0.29) is 5.91 Å². The number of rotatable bonds is 4. The van der Waals surface area contributed by atoms with Gasteiger partial charge < -0.3 is 19.8 Å². The predicted octanol–water partition coefficient (Wildman–Crippen LogP) is 1.22. The van der Waals surface area contributed by atoms with Gasteiger partial charge in [0, 0.05) is 18.7 Å². The molecule has 1 saturated carbocycles. The van der Waals surface area contributed by atoms with Gasteiger partial charge in [0.2, 0.25) is 5.91 Å². The van der Waals surface area contributed by atoms with Crippen LogP contribution in [0.3, 0.4) is 0 Å². The second-order valence-electron chi connectivity index (χ2n) is 6.64. The van der Waals surface area contributed by atoms with Gasteiger partial charge in [-0.1, -0.05) is 18.2 Å². The van der Waals surface area contributed by atoms with E-state index in [4.69, 9.17) is 4.74 Å². The molecule has 1 aromatic carbocycles. The van der Waals surface area contributed by atoms with Crippen LogP contribution in [0, 0.1) is 11.8 Å². The summed E-state index contributed by atoms with van der Waals surface area (Å²) >= 11 is 0. The standard InChI is InChI=1S/C18H25NO4/c1-2-23-17-6-4-3-5-12(17)9-18(22)19-10-13-7-15(20)16(21)8-14(13)11-19/h3-6,13-16,20-21H,2,7-11H2,1H3/t13-,14+,15+,16-. The maximum atomic E-state index is 12.6. The number of aliphatic hydroxyl groups is 2. The number of hydrogen-bond acceptors (Lipinski definition) is 4. The van der Waals surface area contributed by atoms with Crippen LogP contribution in [0.1, 0.15) is 25.3 Å². The van der Waals surface area contributed by atoms with Crippen LogP contribution >= 0.6 is 0 Å². The molecule has 2 aliphatic rings. The van der Waals surface area contributed by atoms with E-state index in [1.165, 1.54) is 0 Å². The van der Waals surface area contributed by atoms with E-state index >= 15 is 0 Å². The van der Waals surface area contributed by atoms with E-state index in [0.717, 1.165) is 11.3 Å². The Kier molecular flexibility index (Phi) is 4.87. The van der Waals surface area contributed by atoms with Crippen LogP contribution in [0.2, 0.25) is 0 Å². The fourth-order valence-electron chi connectivity index (χ4n) is 3.83. The van der Waals surface area contributed by atoms with Crippen LogP contribution in [-0.4, -0.2) is 52.9 Å². The highest BCUT2D eigenvalue weighted by Crippen LogP contribution is 2.36. The number of aliphatic hydroxyl groups excluding tert-OH is 2. The Morgan fingerprint density at radius 1 is 1.17 bits per heavy atom. The number of nitrogens with zero attached hydrogens (tertiary/aromatic N) is 1. The van der Waals surface area contributed by atoms with Crippen molar-refractivity contribution in [1.29, 1.82) is 0 Å². The fraction of sp³-hybridized carbons (Fsp3) is 0.611. The molecule has 23 heavy (non-hydrogen) atoms. The minimum absolute atomic E-state index is 0.0931. The maximum absolute atomic E-state index is 12.6. The van der Waals surface area contributed by atoms with Crippen molar-refractivity contribution in [2.24, 2.45) is 11.8 Å². The molecule has 1 amide bonds. The summed E-state index contributed by atoms with van der Waals surface area (Å²) in [6, 6.07) is 7.65. The quantitative estimate of drug-likeness (QED) is 0.875. The molecule has 4 atom stereocenters. The normalized spacial score (nSPS) is 30.1. The molecule has 1 aromatic rings. The largest absolute Gasteiger partial charge is 0.494 e. The van der Waals surface area contributed by atoms with Crippen LogP contribution in [0.25, 0.3) is 0 Å². The first-order valence-electron chi connectivity index (χ1n) is 8.43. The topological polar surface area (TPSA) is 70.0 Å². The molecule has 0 spiro atoms. The van der Waals surface area contributed by atoms with Gasteiger partial charge in [0.15, 0.2) is 0 Å². The summed E-state index contributed by atoms with van der Waals surface area (Å²) in [4.78, 5) is 14.5. The number of carbonyl (C=O) groups excluding carboxylic acids is 1. The summed E-state index contributed by atoms with van der Waals surface area (Å²) in [5, 5.41) is 19.6. The Morgan fingerprint density at radius 2 is 1.78 bits per heavy atom. The summed E-state index contributed by atoms with van der Waals surface area (Å²) in [7, 11) is 0. The number of ether oxygens (including phenoxy) is 1. The molecule has 2 fully saturated rings. The lowest BCUT2D eigenvalue weighted by atomic mass is 9.79. The first-order valence-corrected chi connectivity index (χ1v) is 8.43. The number of fused-ring (bicyclic) bond motifs is 1. The number of para-hydroxylation sites is 1. The summed E-state index contributed by atoms with van der Waals surface area (Å²) in [5.41, 5.74) is 0.911. The third kappa shape index (κ3) is 3.51. The van der Waals surface area contributed by atoms with Crippen LogP contribution in [-0.2, 0) is 11.2 Å². The average Bonchev–Trinajstić information content (AvgIpc) is 2.93. The van der Waals surface area contributed by atoms with Crippen LogP contribution in [0.5, 0.6) is 5.75 Å². The lowest BCUT2D eigenvalue weighted by Crippen LogP contribution is -2.38. The summed E-state index contributed by atoms with van der Waals surface area (Å²) in [6.45, 7) is 3.88. The van der Waals surface area contributed by atoms with Gasteiger partial charge >= 0.3 is 0 Å². The number of amides is 1.